The highest BCUT2D eigenvalue weighted by atomic mass is 16.5. The predicted molar refractivity (Wildman–Crippen MR) is 46.7 cm³/mol. The fraction of sp³-hybridized carbons (Fsp3) is 0.889. The summed E-state index contributed by atoms with van der Waals surface area (Å²) in [5, 5.41) is 12.1. The summed E-state index contributed by atoms with van der Waals surface area (Å²) in [6, 6.07) is 2.34. The van der Waals surface area contributed by atoms with Crippen LogP contribution < -0.4 is 5.32 Å². The molecular formula is C9H16N2O. The first-order valence-corrected chi connectivity index (χ1v) is 4.39. The minimum absolute atomic E-state index is 0.255. The van der Waals surface area contributed by atoms with Gasteiger partial charge >= 0.3 is 0 Å². The van der Waals surface area contributed by atoms with Crippen molar-refractivity contribution < 1.29 is 4.74 Å². The zero-order valence-electron chi connectivity index (χ0n) is 7.76. The summed E-state index contributed by atoms with van der Waals surface area (Å²) in [5.74, 6) is 0. The number of nitriles is 1. The Bertz CT molecular complexity index is 187. The lowest BCUT2D eigenvalue weighted by Gasteiger charge is -2.34. The summed E-state index contributed by atoms with van der Waals surface area (Å²) < 4.78 is 5.26. The van der Waals surface area contributed by atoms with Crippen LogP contribution in [0.1, 0.15) is 25.7 Å². The van der Waals surface area contributed by atoms with Gasteiger partial charge in [0, 0.05) is 13.5 Å². The van der Waals surface area contributed by atoms with Crippen LogP contribution in [0.2, 0.25) is 0 Å². The standard InChI is InChI=1S/C9H16N2O/c1-11-9(7-10)5-3-4-8(6-9)12-2/h8,11H,3-6H2,1-2H3. The maximum atomic E-state index is 8.99. The van der Waals surface area contributed by atoms with E-state index in [0.717, 1.165) is 25.7 Å². The van der Waals surface area contributed by atoms with Gasteiger partial charge < -0.3 is 10.1 Å². The molecule has 2 unspecified atom stereocenters. The molecule has 0 bridgehead atoms. The molecule has 0 aliphatic heterocycles. The third kappa shape index (κ3) is 1.77. The molecule has 0 saturated heterocycles. The highest BCUT2D eigenvalue weighted by Gasteiger charge is 2.34. The molecule has 0 spiro atoms. The number of hydrogen-bond donors (Lipinski definition) is 1. The molecule has 68 valence electrons. The Labute approximate surface area is 73.7 Å². The van der Waals surface area contributed by atoms with Gasteiger partial charge in [-0.1, -0.05) is 0 Å². The second-order valence-corrected chi connectivity index (χ2v) is 3.40. The molecule has 3 heteroatoms. The highest BCUT2D eigenvalue weighted by molar-refractivity contribution is 5.09. The Morgan fingerprint density at radius 1 is 1.67 bits per heavy atom. The molecule has 0 radical (unpaired) electrons. The van der Waals surface area contributed by atoms with Crippen molar-refractivity contribution in [1.82, 2.24) is 5.32 Å². The van der Waals surface area contributed by atoms with Crippen molar-refractivity contribution in [3.8, 4) is 6.07 Å². The van der Waals surface area contributed by atoms with Gasteiger partial charge in [0.05, 0.1) is 12.2 Å². The number of hydrogen-bond acceptors (Lipinski definition) is 3. The maximum absolute atomic E-state index is 8.99. The fourth-order valence-electron chi connectivity index (χ4n) is 1.81. The van der Waals surface area contributed by atoms with E-state index in [1.807, 2.05) is 7.05 Å². The third-order valence-electron chi connectivity index (χ3n) is 2.73. The summed E-state index contributed by atoms with van der Waals surface area (Å²) in [6.45, 7) is 0. The lowest BCUT2D eigenvalue weighted by molar-refractivity contribution is 0.0467. The molecule has 0 aromatic carbocycles. The van der Waals surface area contributed by atoms with Gasteiger partial charge in [-0.25, -0.2) is 0 Å². The van der Waals surface area contributed by atoms with Gasteiger partial charge in [-0.05, 0) is 26.3 Å². The van der Waals surface area contributed by atoms with Crippen molar-refractivity contribution in [3.05, 3.63) is 0 Å². The van der Waals surface area contributed by atoms with Crippen LogP contribution in [0, 0.1) is 11.3 Å². The Hall–Kier alpha value is -0.590. The van der Waals surface area contributed by atoms with E-state index >= 15 is 0 Å². The average Bonchev–Trinajstić information content (AvgIpc) is 2.18. The molecule has 12 heavy (non-hydrogen) atoms. The van der Waals surface area contributed by atoms with Crippen molar-refractivity contribution >= 4 is 0 Å². The third-order valence-corrected chi connectivity index (χ3v) is 2.73. The van der Waals surface area contributed by atoms with Crippen LogP contribution in [0.3, 0.4) is 0 Å². The molecule has 1 saturated carbocycles. The van der Waals surface area contributed by atoms with Crippen LogP contribution in [-0.4, -0.2) is 25.8 Å². The summed E-state index contributed by atoms with van der Waals surface area (Å²) in [5.41, 5.74) is -0.334. The van der Waals surface area contributed by atoms with Crippen molar-refractivity contribution in [2.45, 2.75) is 37.3 Å². The molecule has 2 atom stereocenters. The molecule has 0 amide bonds. The summed E-state index contributed by atoms with van der Waals surface area (Å²) in [7, 11) is 3.56. The molecule has 0 aromatic heterocycles. The van der Waals surface area contributed by atoms with Gasteiger partial charge in [-0.2, -0.15) is 5.26 Å². The van der Waals surface area contributed by atoms with E-state index < -0.39 is 0 Å². The Morgan fingerprint density at radius 3 is 2.92 bits per heavy atom. The van der Waals surface area contributed by atoms with Crippen molar-refractivity contribution in [2.24, 2.45) is 0 Å². The fourth-order valence-corrected chi connectivity index (χ4v) is 1.81. The van der Waals surface area contributed by atoms with E-state index in [-0.39, 0.29) is 11.6 Å². The van der Waals surface area contributed by atoms with E-state index in [1.54, 1.807) is 7.11 Å². The van der Waals surface area contributed by atoms with Crippen LogP contribution in [0.5, 0.6) is 0 Å². The minimum Gasteiger partial charge on any atom is -0.381 e. The van der Waals surface area contributed by atoms with Crippen molar-refractivity contribution in [2.75, 3.05) is 14.2 Å². The van der Waals surface area contributed by atoms with Crippen LogP contribution in [0.4, 0.5) is 0 Å². The van der Waals surface area contributed by atoms with E-state index in [2.05, 4.69) is 11.4 Å². The number of methoxy groups -OCH3 is 1. The van der Waals surface area contributed by atoms with E-state index in [1.165, 1.54) is 0 Å². The van der Waals surface area contributed by atoms with Gasteiger partial charge in [-0.3, -0.25) is 0 Å². The Morgan fingerprint density at radius 2 is 2.42 bits per heavy atom. The number of nitrogens with one attached hydrogen (secondary N) is 1. The van der Waals surface area contributed by atoms with Gasteiger partial charge in [-0.15, -0.1) is 0 Å². The van der Waals surface area contributed by atoms with Gasteiger partial charge in [0.2, 0.25) is 0 Å². The van der Waals surface area contributed by atoms with Crippen LogP contribution >= 0.6 is 0 Å². The molecule has 1 N–H and O–H groups in total. The normalized spacial score (nSPS) is 35.9. The monoisotopic (exact) mass is 168 g/mol. The van der Waals surface area contributed by atoms with Gasteiger partial charge in [0.25, 0.3) is 0 Å². The number of ether oxygens (including phenoxy) is 1. The van der Waals surface area contributed by atoms with Crippen LogP contribution in [0.25, 0.3) is 0 Å². The average molecular weight is 168 g/mol. The predicted octanol–water partition coefficient (Wildman–Crippen LogP) is 1.06. The summed E-state index contributed by atoms with van der Waals surface area (Å²) in [6.07, 6.45) is 4.18. The van der Waals surface area contributed by atoms with Crippen LogP contribution in [0.15, 0.2) is 0 Å². The smallest absolute Gasteiger partial charge is 0.109 e. The van der Waals surface area contributed by atoms with Crippen molar-refractivity contribution in [3.63, 3.8) is 0 Å². The van der Waals surface area contributed by atoms with Gasteiger partial charge in [0.1, 0.15) is 5.54 Å². The highest BCUT2D eigenvalue weighted by Crippen LogP contribution is 2.28. The quantitative estimate of drug-likeness (QED) is 0.670. The lowest BCUT2D eigenvalue weighted by atomic mass is 9.81. The van der Waals surface area contributed by atoms with Gasteiger partial charge in [0.15, 0.2) is 0 Å². The number of nitrogens with zero attached hydrogens (tertiary/aromatic N) is 1. The summed E-state index contributed by atoms with van der Waals surface area (Å²) in [4.78, 5) is 0. The molecule has 0 heterocycles. The van der Waals surface area contributed by atoms with E-state index in [9.17, 15) is 0 Å². The Kier molecular flexibility index (Phi) is 3.07. The topological polar surface area (TPSA) is 45.0 Å². The number of rotatable bonds is 2. The zero-order chi connectivity index (χ0) is 9.03. The van der Waals surface area contributed by atoms with E-state index in [4.69, 9.17) is 10.00 Å². The SMILES string of the molecule is CNC1(C#N)CCCC(OC)C1. The minimum atomic E-state index is -0.334. The second kappa shape index (κ2) is 3.88. The van der Waals surface area contributed by atoms with E-state index in [0.29, 0.717) is 0 Å². The maximum Gasteiger partial charge on any atom is 0.109 e. The molecule has 1 aliphatic carbocycles. The molecular weight excluding hydrogens is 152 g/mol. The zero-order valence-corrected chi connectivity index (χ0v) is 7.76. The first-order valence-electron chi connectivity index (χ1n) is 4.39. The Balaban J connectivity index is 2.60. The molecule has 1 rings (SSSR count). The second-order valence-electron chi connectivity index (χ2n) is 3.40. The molecule has 0 aromatic rings. The molecule has 3 nitrogen and oxygen atoms in total. The largest absolute Gasteiger partial charge is 0.381 e. The first kappa shape index (κ1) is 9.50. The van der Waals surface area contributed by atoms with Crippen LogP contribution in [-0.2, 0) is 4.74 Å². The molecule has 1 fully saturated rings. The first-order chi connectivity index (χ1) is 5.76. The van der Waals surface area contributed by atoms with Crippen molar-refractivity contribution in [1.29, 1.82) is 5.26 Å². The molecule has 1 aliphatic rings. The lowest BCUT2D eigenvalue weighted by Crippen LogP contribution is -2.47. The summed E-state index contributed by atoms with van der Waals surface area (Å²) >= 11 is 0.